The molecule has 1 aromatic heterocycles. The predicted octanol–water partition coefficient (Wildman–Crippen LogP) is 2.51. The van der Waals surface area contributed by atoms with E-state index in [0.29, 0.717) is 18.1 Å². The van der Waals surface area contributed by atoms with E-state index in [9.17, 15) is 4.79 Å². The van der Waals surface area contributed by atoms with Crippen molar-refractivity contribution in [3.63, 3.8) is 0 Å². The van der Waals surface area contributed by atoms with Crippen molar-refractivity contribution in [2.24, 2.45) is 0 Å². The molecule has 0 bridgehead atoms. The summed E-state index contributed by atoms with van der Waals surface area (Å²) in [6.45, 7) is 2.76. The first kappa shape index (κ1) is 12.2. The number of likely N-dealkylation sites (tertiary alicyclic amines) is 1. The molecule has 2 heterocycles. The highest BCUT2D eigenvalue weighted by atomic mass is 16.5. The summed E-state index contributed by atoms with van der Waals surface area (Å²) in [5.41, 5.74) is 2.45. The maximum atomic E-state index is 10.4. The van der Waals surface area contributed by atoms with Crippen LogP contribution in [0.2, 0.25) is 0 Å². The minimum absolute atomic E-state index is 0.475. The summed E-state index contributed by atoms with van der Waals surface area (Å²) in [6.07, 6.45) is 4.47. The van der Waals surface area contributed by atoms with Crippen LogP contribution in [0.25, 0.3) is 10.9 Å². The number of H-pyrrole nitrogens is 1. The van der Waals surface area contributed by atoms with Gasteiger partial charge in [0.25, 0.3) is 6.47 Å². The molecule has 100 valence electrons. The Morgan fingerprint density at radius 1 is 1.37 bits per heavy atom. The average Bonchev–Trinajstić information content (AvgIpc) is 2.83. The number of hydrogen-bond acceptors (Lipinski definition) is 3. The van der Waals surface area contributed by atoms with Gasteiger partial charge in [-0.25, -0.2) is 0 Å². The Kier molecular flexibility index (Phi) is 3.25. The van der Waals surface area contributed by atoms with Crippen LogP contribution < -0.4 is 4.74 Å². The third kappa shape index (κ3) is 2.36. The molecule has 1 aliphatic heterocycles. The van der Waals surface area contributed by atoms with Gasteiger partial charge in [0, 0.05) is 17.1 Å². The zero-order valence-corrected chi connectivity index (χ0v) is 11.1. The molecule has 19 heavy (non-hydrogen) atoms. The number of benzene rings is 1. The fourth-order valence-corrected chi connectivity index (χ4v) is 2.91. The van der Waals surface area contributed by atoms with Crippen molar-refractivity contribution in [3.8, 4) is 5.75 Å². The van der Waals surface area contributed by atoms with Gasteiger partial charge in [0.1, 0.15) is 5.75 Å². The van der Waals surface area contributed by atoms with Gasteiger partial charge in [0.2, 0.25) is 0 Å². The van der Waals surface area contributed by atoms with E-state index < -0.39 is 0 Å². The van der Waals surface area contributed by atoms with Gasteiger partial charge in [-0.1, -0.05) is 0 Å². The van der Waals surface area contributed by atoms with Crippen molar-refractivity contribution < 1.29 is 9.53 Å². The maximum absolute atomic E-state index is 10.4. The predicted molar refractivity (Wildman–Crippen MR) is 74.5 cm³/mol. The monoisotopic (exact) mass is 258 g/mol. The fraction of sp³-hybridized carbons (Fsp3) is 0.400. The summed E-state index contributed by atoms with van der Waals surface area (Å²) in [5, 5.41) is 1.17. The number of carbonyl (C=O) groups excluding carboxylic acids is 1. The van der Waals surface area contributed by atoms with E-state index in [2.05, 4.69) is 23.1 Å². The van der Waals surface area contributed by atoms with Crippen LogP contribution in [0.3, 0.4) is 0 Å². The Labute approximate surface area is 112 Å². The molecular weight excluding hydrogens is 240 g/mol. The molecule has 0 radical (unpaired) electrons. The summed E-state index contributed by atoms with van der Waals surface area (Å²) < 4.78 is 4.94. The zero-order valence-electron chi connectivity index (χ0n) is 11.1. The minimum Gasteiger partial charge on any atom is -0.429 e. The van der Waals surface area contributed by atoms with E-state index in [1.807, 2.05) is 18.2 Å². The van der Waals surface area contributed by atoms with Crippen LogP contribution in [0.1, 0.15) is 24.3 Å². The van der Waals surface area contributed by atoms with Crippen LogP contribution >= 0.6 is 0 Å². The second kappa shape index (κ2) is 5.05. The molecule has 0 saturated carbocycles. The number of fused-ring (bicyclic) bond motifs is 1. The van der Waals surface area contributed by atoms with Crippen LogP contribution in [-0.4, -0.2) is 36.5 Å². The summed E-state index contributed by atoms with van der Waals surface area (Å²) in [5.74, 6) is 1.20. The highest BCUT2D eigenvalue weighted by Crippen LogP contribution is 2.34. The lowest BCUT2D eigenvalue weighted by Gasteiger charge is -2.28. The number of aromatic nitrogens is 1. The Hall–Kier alpha value is -1.81. The van der Waals surface area contributed by atoms with E-state index in [-0.39, 0.29) is 0 Å². The van der Waals surface area contributed by atoms with E-state index >= 15 is 0 Å². The normalized spacial score (nSPS) is 17.7. The Morgan fingerprint density at radius 3 is 2.89 bits per heavy atom. The van der Waals surface area contributed by atoms with Gasteiger partial charge in [-0.05, 0) is 62.7 Å². The summed E-state index contributed by atoms with van der Waals surface area (Å²) in [7, 11) is 2.17. The molecule has 3 rings (SSSR count). The van der Waals surface area contributed by atoms with Gasteiger partial charge in [0.15, 0.2) is 0 Å². The van der Waals surface area contributed by atoms with Crippen LogP contribution in [0.4, 0.5) is 0 Å². The van der Waals surface area contributed by atoms with Gasteiger partial charge in [-0.15, -0.1) is 0 Å². The van der Waals surface area contributed by atoms with Crippen molar-refractivity contribution in [1.82, 2.24) is 9.88 Å². The smallest absolute Gasteiger partial charge is 0.298 e. The number of ether oxygens (including phenoxy) is 1. The molecule has 1 fully saturated rings. The third-order valence-corrected chi connectivity index (χ3v) is 4.03. The number of nitrogens with zero attached hydrogens (tertiary/aromatic N) is 1. The zero-order chi connectivity index (χ0) is 13.2. The van der Waals surface area contributed by atoms with Gasteiger partial charge in [-0.2, -0.15) is 0 Å². The van der Waals surface area contributed by atoms with Crippen molar-refractivity contribution in [2.45, 2.75) is 18.8 Å². The first-order valence-electron chi connectivity index (χ1n) is 6.68. The fourth-order valence-electron chi connectivity index (χ4n) is 2.91. The summed E-state index contributed by atoms with van der Waals surface area (Å²) in [4.78, 5) is 16.1. The Balaban J connectivity index is 1.94. The highest BCUT2D eigenvalue weighted by Gasteiger charge is 2.21. The van der Waals surface area contributed by atoms with E-state index in [1.165, 1.54) is 23.8 Å². The van der Waals surface area contributed by atoms with Gasteiger partial charge in [0.05, 0.1) is 0 Å². The van der Waals surface area contributed by atoms with Gasteiger partial charge in [-0.3, -0.25) is 4.79 Å². The molecule has 0 spiro atoms. The summed E-state index contributed by atoms with van der Waals surface area (Å²) >= 11 is 0. The maximum Gasteiger partial charge on any atom is 0.298 e. The second-order valence-corrected chi connectivity index (χ2v) is 5.24. The molecular formula is C15H18N2O2. The van der Waals surface area contributed by atoms with E-state index in [4.69, 9.17) is 4.74 Å². The van der Waals surface area contributed by atoms with Crippen LogP contribution in [0.5, 0.6) is 5.75 Å². The average molecular weight is 258 g/mol. The lowest BCUT2D eigenvalue weighted by atomic mass is 9.89. The highest BCUT2D eigenvalue weighted by molar-refractivity contribution is 5.85. The van der Waals surface area contributed by atoms with E-state index in [1.54, 1.807) is 0 Å². The van der Waals surface area contributed by atoms with Crippen LogP contribution in [0, 0.1) is 0 Å². The summed E-state index contributed by atoms with van der Waals surface area (Å²) in [6, 6.07) is 5.73. The second-order valence-electron chi connectivity index (χ2n) is 5.24. The lowest BCUT2D eigenvalue weighted by molar-refractivity contribution is -0.120. The minimum atomic E-state index is 0.475. The molecule has 0 unspecified atom stereocenters. The van der Waals surface area contributed by atoms with Crippen molar-refractivity contribution in [1.29, 1.82) is 0 Å². The molecule has 4 nitrogen and oxygen atoms in total. The van der Waals surface area contributed by atoms with Crippen LogP contribution in [-0.2, 0) is 4.79 Å². The molecule has 4 heteroatoms. The molecule has 0 amide bonds. The first-order valence-corrected chi connectivity index (χ1v) is 6.68. The molecule has 1 saturated heterocycles. The number of piperidine rings is 1. The number of aromatic amines is 1. The molecule has 0 aliphatic carbocycles. The Bertz CT molecular complexity index is 583. The number of rotatable bonds is 3. The number of nitrogens with one attached hydrogen (secondary N) is 1. The lowest BCUT2D eigenvalue weighted by Crippen LogP contribution is -2.29. The molecule has 2 aromatic rings. The van der Waals surface area contributed by atoms with Crippen molar-refractivity contribution >= 4 is 17.4 Å². The quantitative estimate of drug-likeness (QED) is 0.860. The number of hydrogen-bond donors (Lipinski definition) is 1. The van der Waals surface area contributed by atoms with Crippen LogP contribution in [0.15, 0.2) is 24.4 Å². The Morgan fingerprint density at radius 2 is 2.16 bits per heavy atom. The van der Waals surface area contributed by atoms with Crippen molar-refractivity contribution in [2.75, 3.05) is 20.1 Å². The molecule has 1 aromatic carbocycles. The molecule has 1 N–H and O–H groups in total. The van der Waals surface area contributed by atoms with Crippen molar-refractivity contribution in [3.05, 3.63) is 30.0 Å². The first-order chi connectivity index (χ1) is 9.28. The largest absolute Gasteiger partial charge is 0.429 e. The van der Waals surface area contributed by atoms with Gasteiger partial charge >= 0.3 is 0 Å². The van der Waals surface area contributed by atoms with Gasteiger partial charge < -0.3 is 14.6 Å². The standard InChI is InChI=1S/C15H18N2O2/c1-17-6-4-11(5-7-17)14-9-16-15-3-2-12(19-10-18)8-13(14)15/h2-3,8-11,16H,4-7H2,1H3. The SMILES string of the molecule is CN1CCC(c2c[nH]c3ccc(OC=O)cc23)CC1. The molecule has 1 aliphatic rings. The number of carbonyl (C=O) groups is 1. The van der Waals surface area contributed by atoms with E-state index in [0.717, 1.165) is 18.6 Å². The molecule has 0 atom stereocenters. The third-order valence-electron chi connectivity index (χ3n) is 4.03. The topological polar surface area (TPSA) is 45.3 Å².